The molecule has 0 spiro atoms. The first-order chi connectivity index (χ1) is 29.4. The standard InChI is InChI=1S/C59H69BN2S/c1-36-31-47-50-48(32-36)62(45-26-23-39(55(5,6)7)33-41(45)37-19-17-16-18-20-37)46-35-43-42(56(8,9)27-28-57(43,10)11)34-44(46)60(50)51-49-52(59(14,15)30-29-58(49,12)13)63-53(51)61(47)40-24-21-38(22-25-40)54(2,3)4/h16-26,31-35H,27-30H2,1-15H3. The highest BCUT2D eigenvalue weighted by atomic mass is 32.1. The molecule has 5 aromatic carbocycles. The summed E-state index contributed by atoms with van der Waals surface area (Å²) in [6.07, 6.45) is 4.75. The second-order valence-corrected chi connectivity index (χ2v) is 25.5. The van der Waals surface area contributed by atoms with Crippen molar-refractivity contribution in [1.29, 1.82) is 0 Å². The van der Waals surface area contributed by atoms with Gasteiger partial charge in [-0.25, -0.2) is 0 Å². The van der Waals surface area contributed by atoms with E-state index in [1.165, 1.54) is 109 Å². The molecule has 2 nitrogen and oxygen atoms in total. The van der Waals surface area contributed by atoms with Crippen LogP contribution in [0.5, 0.6) is 0 Å². The highest BCUT2D eigenvalue weighted by Gasteiger charge is 2.52. The van der Waals surface area contributed by atoms with Crippen LogP contribution in [-0.4, -0.2) is 6.71 Å². The monoisotopic (exact) mass is 849 g/mol. The van der Waals surface area contributed by atoms with E-state index < -0.39 is 0 Å². The Kier molecular flexibility index (Phi) is 9.25. The van der Waals surface area contributed by atoms with Gasteiger partial charge in [-0.3, -0.25) is 0 Å². The summed E-state index contributed by atoms with van der Waals surface area (Å²) >= 11 is 2.09. The number of aryl methyl sites for hydroxylation is 1. The number of benzene rings is 5. The van der Waals surface area contributed by atoms with E-state index >= 15 is 0 Å². The van der Waals surface area contributed by atoms with Gasteiger partial charge in [0.25, 0.3) is 6.71 Å². The maximum atomic E-state index is 2.73. The van der Waals surface area contributed by atoms with E-state index in [4.69, 9.17) is 0 Å². The third-order valence-corrected chi connectivity index (χ3v) is 17.4. The van der Waals surface area contributed by atoms with Crippen LogP contribution in [0.2, 0.25) is 0 Å². The van der Waals surface area contributed by atoms with Crippen LogP contribution < -0.4 is 26.2 Å². The summed E-state index contributed by atoms with van der Waals surface area (Å²) in [5.74, 6) is 0. The largest absolute Gasteiger partial charge is 0.311 e. The second-order valence-electron chi connectivity index (χ2n) is 24.5. The molecule has 3 heterocycles. The number of fused-ring (bicyclic) bond motifs is 7. The van der Waals surface area contributed by atoms with Crippen molar-refractivity contribution in [3.8, 4) is 11.1 Å². The summed E-state index contributed by atoms with van der Waals surface area (Å²) in [7, 11) is 0. The molecular weight excluding hydrogens is 780 g/mol. The first-order valence-electron chi connectivity index (χ1n) is 23.8. The van der Waals surface area contributed by atoms with Gasteiger partial charge in [0.05, 0.1) is 10.7 Å². The molecule has 4 heteroatoms. The van der Waals surface area contributed by atoms with Gasteiger partial charge in [0.15, 0.2) is 0 Å². The Bertz CT molecular complexity index is 2820. The van der Waals surface area contributed by atoms with Crippen molar-refractivity contribution in [2.24, 2.45) is 0 Å². The number of nitrogens with zero attached hydrogens (tertiary/aromatic N) is 2. The Labute approximate surface area is 384 Å². The lowest BCUT2D eigenvalue weighted by Gasteiger charge is -2.48. The van der Waals surface area contributed by atoms with Gasteiger partial charge in [-0.1, -0.05) is 152 Å². The van der Waals surface area contributed by atoms with Crippen LogP contribution in [-0.2, 0) is 32.5 Å². The lowest BCUT2D eigenvalue weighted by Crippen LogP contribution is -2.63. The van der Waals surface area contributed by atoms with E-state index in [0.29, 0.717) is 0 Å². The van der Waals surface area contributed by atoms with Crippen molar-refractivity contribution in [3.05, 3.63) is 135 Å². The van der Waals surface area contributed by atoms with Crippen LogP contribution in [0.25, 0.3) is 11.1 Å². The smallest absolute Gasteiger partial charge is 0.253 e. The molecule has 0 bridgehead atoms. The Morgan fingerprint density at radius 2 is 1.08 bits per heavy atom. The molecule has 0 unspecified atom stereocenters. The van der Waals surface area contributed by atoms with E-state index in [-0.39, 0.29) is 39.2 Å². The topological polar surface area (TPSA) is 6.48 Å². The molecule has 2 aliphatic carbocycles. The Morgan fingerprint density at radius 1 is 0.524 bits per heavy atom. The lowest BCUT2D eigenvalue weighted by atomic mass is 9.32. The molecule has 0 fully saturated rings. The van der Waals surface area contributed by atoms with Crippen LogP contribution in [0.4, 0.5) is 33.4 Å². The molecule has 0 saturated heterocycles. The average Bonchev–Trinajstić information content (AvgIpc) is 3.63. The third-order valence-electron chi connectivity index (χ3n) is 15.9. The van der Waals surface area contributed by atoms with Gasteiger partial charge in [-0.2, -0.15) is 0 Å². The number of hydrogen-bond acceptors (Lipinski definition) is 3. The van der Waals surface area contributed by atoms with Gasteiger partial charge >= 0.3 is 0 Å². The average molecular weight is 849 g/mol. The molecule has 0 saturated carbocycles. The highest BCUT2D eigenvalue weighted by molar-refractivity contribution is 7.20. The van der Waals surface area contributed by atoms with Crippen molar-refractivity contribution in [2.75, 3.05) is 9.80 Å². The number of rotatable bonds is 3. The van der Waals surface area contributed by atoms with Crippen LogP contribution >= 0.6 is 11.3 Å². The lowest BCUT2D eigenvalue weighted by molar-refractivity contribution is 0.332. The fraction of sp³-hybridized carbons (Fsp3) is 0.424. The SMILES string of the molecule is Cc1cc2c3c(c1)N(c1ccc(C(C)(C)C)cc1)c1sc4c(c1B3c1cc3c(cc1N2c1ccc(C(C)(C)C)cc1-c1ccccc1)C(C)(C)CCC3(C)C)C(C)(C)CCC4(C)C. The van der Waals surface area contributed by atoms with Crippen molar-refractivity contribution in [3.63, 3.8) is 0 Å². The van der Waals surface area contributed by atoms with Gasteiger partial charge in [0.1, 0.15) is 0 Å². The van der Waals surface area contributed by atoms with Gasteiger partial charge in [-0.05, 0) is 163 Å². The molecular formula is C59H69BN2S. The van der Waals surface area contributed by atoms with Crippen molar-refractivity contribution in [1.82, 2.24) is 0 Å². The Morgan fingerprint density at radius 3 is 1.70 bits per heavy atom. The maximum absolute atomic E-state index is 2.73. The van der Waals surface area contributed by atoms with Gasteiger partial charge in [-0.15, -0.1) is 11.3 Å². The van der Waals surface area contributed by atoms with Crippen LogP contribution in [0.3, 0.4) is 0 Å². The number of hydrogen-bond donors (Lipinski definition) is 0. The zero-order valence-electron chi connectivity index (χ0n) is 40.9. The molecule has 324 valence electrons. The van der Waals surface area contributed by atoms with Crippen molar-refractivity contribution < 1.29 is 0 Å². The minimum absolute atomic E-state index is 0.00219. The fourth-order valence-corrected chi connectivity index (χ4v) is 13.4. The van der Waals surface area contributed by atoms with Crippen molar-refractivity contribution >= 4 is 67.9 Å². The summed E-state index contributed by atoms with van der Waals surface area (Å²) in [4.78, 5) is 6.98. The quantitative estimate of drug-likeness (QED) is 0.163. The minimum Gasteiger partial charge on any atom is -0.311 e. The van der Waals surface area contributed by atoms with Gasteiger partial charge in [0, 0.05) is 33.2 Å². The zero-order chi connectivity index (χ0) is 45.0. The summed E-state index contributed by atoms with van der Waals surface area (Å²) in [5.41, 5.74) is 22.4. The molecule has 10 rings (SSSR count). The van der Waals surface area contributed by atoms with E-state index in [2.05, 4.69) is 222 Å². The fourth-order valence-electron chi connectivity index (χ4n) is 11.7. The Balaban J connectivity index is 1.37. The summed E-state index contributed by atoms with van der Waals surface area (Å²) in [6.45, 7) is 36.5. The molecule has 2 aliphatic heterocycles. The molecule has 0 radical (unpaired) electrons. The molecule has 63 heavy (non-hydrogen) atoms. The summed E-state index contributed by atoms with van der Waals surface area (Å²) in [5, 5.41) is 1.41. The van der Waals surface area contributed by atoms with E-state index in [0.717, 1.165) is 0 Å². The molecule has 1 aromatic heterocycles. The number of anilines is 6. The van der Waals surface area contributed by atoms with Crippen molar-refractivity contribution in [2.45, 2.75) is 162 Å². The molecule has 0 amide bonds. The minimum atomic E-state index is 0.00219. The second kappa shape index (κ2) is 13.7. The first-order valence-corrected chi connectivity index (χ1v) is 24.6. The highest BCUT2D eigenvalue weighted by Crippen LogP contribution is 2.56. The van der Waals surface area contributed by atoms with E-state index in [1.54, 1.807) is 15.9 Å². The molecule has 0 atom stereocenters. The first kappa shape index (κ1) is 42.4. The van der Waals surface area contributed by atoms with Crippen LogP contribution in [0.1, 0.15) is 161 Å². The van der Waals surface area contributed by atoms with Crippen LogP contribution in [0, 0.1) is 6.92 Å². The molecule has 4 aliphatic rings. The van der Waals surface area contributed by atoms with Crippen LogP contribution in [0.15, 0.2) is 97.1 Å². The predicted molar refractivity (Wildman–Crippen MR) is 276 cm³/mol. The summed E-state index contributed by atoms with van der Waals surface area (Å²) in [6, 6.07) is 38.5. The molecule has 6 aromatic rings. The zero-order valence-corrected chi connectivity index (χ0v) is 41.8. The van der Waals surface area contributed by atoms with E-state index in [9.17, 15) is 0 Å². The number of thiophene rings is 1. The predicted octanol–water partition coefficient (Wildman–Crippen LogP) is 15.1. The van der Waals surface area contributed by atoms with Gasteiger partial charge < -0.3 is 9.80 Å². The molecule has 0 N–H and O–H groups in total. The van der Waals surface area contributed by atoms with Gasteiger partial charge in [0.2, 0.25) is 0 Å². The normalized spacial score (nSPS) is 18.9. The maximum Gasteiger partial charge on any atom is 0.253 e. The summed E-state index contributed by atoms with van der Waals surface area (Å²) < 4.78 is 0. The van der Waals surface area contributed by atoms with E-state index in [1.807, 2.05) is 0 Å². The third kappa shape index (κ3) is 6.54. The Hall–Kier alpha value is -4.54.